The second-order valence-corrected chi connectivity index (χ2v) is 6.39. The molecule has 0 unspecified atom stereocenters. The molecule has 1 heterocycles. The molecule has 0 atom stereocenters. The molecule has 1 aliphatic heterocycles. The molecule has 0 spiro atoms. The number of benzene rings is 1. The molecular formula is C13H20N2O5S. The van der Waals surface area contributed by atoms with E-state index in [9.17, 15) is 8.42 Å². The van der Waals surface area contributed by atoms with Crippen LogP contribution in [0.5, 0.6) is 17.2 Å². The number of nitrogens with zero attached hydrogens (tertiary/aromatic N) is 1. The van der Waals surface area contributed by atoms with Crippen molar-refractivity contribution in [2.75, 3.05) is 47.5 Å². The van der Waals surface area contributed by atoms with Gasteiger partial charge in [-0.05, 0) is 0 Å². The van der Waals surface area contributed by atoms with Crippen molar-refractivity contribution in [3.8, 4) is 17.2 Å². The zero-order chi connectivity index (χ0) is 15.5. The maximum Gasteiger partial charge on any atom is 0.250 e. The van der Waals surface area contributed by atoms with Gasteiger partial charge in [-0.3, -0.25) is 0 Å². The quantitative estimate of drug-likeness (QED) is 0.842. The molecule has 0 bridgehead atoms. The third-order valence-corrected chi connectivity index (χ3v) is 5.31. The number of methoxy groups -OCH3 is 3. The van der Waals surface area contributed by atoms with E-state index >= 15 is 0 Å². The first kappa shape index (κ1) is 15.9. The Labute approximate surface area is 124 Å². The van der Waals surface area contributed by atoms with Gasteiger partial charge in [0, 0.05) is 38.3 Å². The number of sulfonamides is 1. The van der Waals surface area contributed by atoms with Gasteiger partial charge in [0.25, 0.3) is 10.0 Å². The number of piperazine rings is 1. The monoisotopic (exact) mass is 316 g/mol. The van der Waals surface area contributed by atoms with Crippen LogP contribution in [0.2, 0.25) is 0 Å². The van der Waals surface area contributed by atoms with Crippen molar-refractivity contribution >= 4 is 10.0 Å². The van der Waals surface area contributed by atoms with E-state index in [1.165, 1.54) is 37.8 Å². The fraction of sp³-hybridized carbons (Fsp3) is 0.538. The molecule has 1 aliphatic rings. The maximum atomic E-state index is 12.8. The molecule has 1 aromatic rings. The molecule has 1 saturated heterocycles. The molecule has 118 valence electrons. The summed E-state index contributed by atoms with van der Waals surface area (Å²) in [5, 5.41) is 3.13. The molecule has 0 amide bonds. The number of ether oxygens (including phenoxy) is 3. The summed E-state index contributed by atoms with van der Waals surface area (Å²) in [4.78, 5) is 0.0372. The average Bonchev–Trinajstić information content (AvgIpc) is 2.54. The zero-order valence-corrected chi connectivity index (χ0v) is 13.2. The van der Waals surface area contributed by atoms with E-state index in [4.69, 9.17) is 14.2 Å². The first-order chi connectivity index (χ1) is 10.0. The SMILES string of the molecule is COc1cc(OC)c(S(=O)(=O)N2CCNCC2)c(OC)c1. The maximum absolute atomic E-state index is 12.8. The van der Waals surface area contributed by atoms with Crippen LogP contribution < -0.4 is 19.5 Å². The summed E-state index contributed by atoms with van der Waals surface area (Å²) in [6, 6.07) is 3.08. The highest BCUT2D eigenvalue weighted by molar-refractivity contribution is 7.89. The Bertz CT molecular complexity index is 572. The Balaban J connectivity index is 2.55. The van der Waals surface area contributed by atoms with Gasteiger partial charge in [-0.15, -0.1) is 0 Å². The van der Waals surface area contributed by atoms with E-state index < -0.39 is 10.0 Å². The van der Waals surface area contributed by atoms with E-state index in [1.54, 1.807) is 0 Å². The summed E-state index contributed by atoms with van der Waals surface area (Å²) in [5.74, 6) is 0.900. The fourth-order valence-electron chi connectivity index (χ4n) is 2.24. The standard InChI is InChI=1S/C13H20N2O5S/c1-18-10-8-11(19-2)13(12(9-10)20-3)21(16,17)15-6-4-14-5-7-15/h8-9,14H,4-7H2,1-3H3. The molecule has 2 rings (SSSR count). The van der Waals surface area contributed by atoms with Crippen LogP contribution in [-0.4, -0.2) is 60.2 Å². The average molecular weight is 316 g/mol. The van der Waals surface area contributed by atoms with E-state index in [0.717, 1.165) is 0 Å². The van der Waals surface area contributed by atoms with Crippen molar-refractivity contribution in [1.82, 2.24) is 9.62 Å². The van der Waals surface area contributed by atoms with Crippen molar-refractivity contribution in [2.45, 2.75) is 4.90 Å². The van der Waals surface area contributed by atoms with Crippen molar-refractivity contribution in [3.63, 3.8) is 0 Å². The van der Waals surface area contributed by atoms with Crippen LogP contribution in [0.15, 0.2) is 17.0 Å². The molecule has 7 nitrogen and oxygen atoms in total. The summed E-state index contributed by atoms with van der Waals surface area (Å²) in [5.41, 5.74) is 0. The molecule has 1 aromatic carbocycles. The van der Waals surface area contributed by atoms with Gasteiger partial charge < -0.3 is 19.5 Å². The first-order valence-corrected chi connectivity index (χ1v) is 7.99. The second-order valence-electron chi connectivity index (χ2n) is 4.52. The predicted molar refractivity (Wildman–Crippen MR) is 77.7 cm³/mol. The summed E-state index contributed by atoms with van der Waals surface area (Å²) in [6.07, 6.45) is 0. The molecule has 0 aromatic heterocycles. The molecule has 0 radical (unpaired) electrons. The van der Waals surface area contributed by atoms with E-state index in [-0.39, 0.29) is 16.4 Å². The summed E-state index contributed by atoms with van der Waals surface area (Å²) in [7, 11) is 0.657. The van der Waals surface area contributed by atoms with E-state index in [2.05, 4.69) is 5.32 Å². The highest BCUT2D eigenvalue weighted by Gasteiger charge is 2.32. The molecule has 0 saturated carbocycles. The minimum atomic E-state index is -3.68. The minimum Gasteiger partial charge on any atom is -0.496 e. The lowest BCUT2D eigenvalue weighted by molar-refractivity contribution is 0.340. The van der Waals surface area contributed by atoms with Crippen molar-refractivity contribution in [1.29, 1.82) is 0 Å². The number of hydrogen-bond donors (Lipinski definition) is 1. The van der Waals surface area contributed by atoms with Crippen LogP contribution >= 0.6 is 0 Å². The Morgan fingerprint density at radius 1 is 1.00 bits per heavy atom. The Hall–Kier alpha value is -1.51. The highest BCUT2D eigenvalue weighted by Crippen LogP contribution is 2.39. The fourth-order valence-corrected chi connectivity index (χ4v) is 3.96. The lowest BCUT2D eigenvalue weighted by atomic mass is 10.3. The zero-order valence-electron chi connectivity index (χ0n) is 12.4. The molecular weight excluding hydrogens is 296 g/mol. The molecule has 8 heteroatoms. The Kier molecular flexibility index (Phi) is 4.92. The first-order valence-electron chi connectivity index (χ1n) is 6.55. The summed E-state index contributed by atoms with van der Waals surface area (Å²) < 4.78 is 42.7. The molecule has 21 heavy (non-hydrogen) atoms. The number of rotatable bonds is 5. The molecule has 1 N–H and O–H groups in total. The summed E-state index contributed by atoms with van der Waals surface area (Å²) >= 11 is 0. The second kappa shape index (κ2) is 6.50. The Morgan fingerprint density at radius 2 is 1.52 bits per heavy atom. The Morgan fingerprint density at radius 3 is 1.95 bits per heavy atom. The van der Waals surface area contributed by atoms with Crippen molar-refractivity contribution in [2.24, 2.45) is 0 Å². The minimum absolute atomic E-state index is 0.0372. The van der Waals surface area contributed by atoms with Gasteiger partial charge >= 0.3 is 0 Å². The van der Waals surface area contributed by atoms with Crippen LogP contribution in [0, 0.1) is 0 Å². The lowest BCUT2D eigenvalue weighted by Crippen LogP contribution is -2.46. The number of hydrogen-bond acceptors (Lipinski definition) is 6. The van der Waals surface area contributed by atoms with Gasteiger partial charge in [-0.1, -0.05) is 0 Å². The third kappa shape index (κ3) is 3.07. The molecule has 1 fully saturated rings. The van der Waals surface area contributed by atoms with Crippen molar-refractivity contribution in [3.05, 3.63) is 12.1 Å². The van der Waals surface area contributed by atoms with Gasteiger partial charge in [-0.25, -0.2) is 8.42 Å². The smallest absolute Gasteiger partial charge is 0.250 e. The largest absolute Gasteiger partial charge is 0.496 e. The normalized spacial score (nSPS) is 16.5. The van der Waals surface area contributed by atoms with Gasteiger partial charge in [0.1, 0.15) is 17.2 Å². The van der Waals surface area contributed by atoms with Crippen LogP contribution in [0.25, 0.3) is 0 Å². The number of nitrogens with one attached hydrogen (secondary N) is 1. The van der Waals surface area contributed by atoms with Gasteiger partial charge in [0.05, 0.1) is 21.3 Å². The van der Waals surface area contributed by atoms with E-state index in [0.29, 0.717) is 31.9 Å². The predicted octanol–water partition coefficient (Wildman–Crippen LogP) is 0.306. The van der Waals surface area contributed by atoms with Crippen molar-refractivity contribution < 1.29 is 22.6 Å². The highest BCUT2D eigenvalue weighted by atomic mass is 32.2. The lowest BCUT2D eigenvalue weighted by Gasteiger charge is -2.28. The van der Waals surface area contributed by atoms with Crippen LogP contribution in [0.3, 0.4) is 0 Å². The summed E-state index contributed by atoms with van der Waals surface area (Å²) in [6.45, 7) is 2.08. The van der Waals surface area contributed by atoms with Crippen LogP contribution in [0.4, 0.5) is 0 Å². The topological polar surface area (TPSA) is 77.1 Å². The van der Waals surface area contributed by atoms with Crippen LogP contribution in [0.1, 0.15) is 0 Å². The van der Waals surface area contributed by atoms with Crippen LogP contribution in [-0.2, 0) is 10.0 Å². The van der Waals surface area contributed by atoms with Gasteiger partial charge in [-0.2, -0.15) is 4.31 Å². The third-order valence-electron chi connectivity index (χ3n) is 3.34. The molecule has 0 aliphatic carbocycles. The van der Waals surface area contributed by atoms with E-state index in [1.807, 2.05) is 0 Å². The van der Waals surface area contributed by atoms with Gasteiger partial charge in [0.15, 0.2) is 4.90 Å². The van der Waals surface area contributed by atoms with Gasteiger partial charge in [0.2, 0.25) is 0 Å².